The normalized spacial score (nSPS) is 28.5. The molecule has 1 saturated carbocycles. The summed E-state index contributed by atoms with van der Waals surface area (Å²) >= 11 is 0. The van der Waals surface area contributed by atoms with E-state index in [4.69, 9.17) is 5.73 Å². The molecule has 0 radical (unpaired) electrons. The second kappa shape index (κ2) is 2.93. The standard InChI is InChI=1S/C8H16N2O2S/c1-13(11,12)10-4-7(5-10)8(9)6-2-3-6/h6-8H,2-5,9H2,1H3. The van der Waals surface area contributed by atoms with Crippen molar-refractivity contribution < 1.29 is 8.42 Å². The molecule has 0 aromatic heterocycles. The van der Waals surface area contributed by atoms with Crippen LogP contribution in [0.1, 0.15) is 12.8 Å². The molecule has 1 unspecified atom stereocenters. The zero-order valence-corrected chi connectivity index (χ0v) is 8.63. The van der Waals surface area contributed by atoms with Crippen LogP contribution in [-0.4, -0.2) is 38.1 Å². The Balaban J connectivity index is 1.84. The summed E-state index contributed by atoms with van der Waals surface area (Å²) in [6, 6.07) is 0.234. The molecule has 76 valence electrons. The fourth-order valence-corrected chi connectivity index (χ4v) is 2.77. The van der Waals surface area contributed by atoms with Gasteiger partial charge in [-0.2, -0.15) is 0 Å². The van der Waals surface area contributed by atoms with Gasteiger partial charge in [-0.15, -0.1) is 0 Å². The topological polar surface area (TPSA) is 63.4 Å². The number of hydrogen-bond donors (Lipinski definition) is 1. The third-order valence-corrected chi connectivity index (χ3v) is 4.29. The Morgan fingerprint density at radius 2 is 1.85 bits per heavy atom. The molecule has 13 heavy (non-hydrogen) atoms. The van der Waals surface area contributed by atoms with E-state index in [0.717, 1.165) is 0 Å². The summed E-state index contributed by atoms with van der Waals surface area (Å²) in [4.78, 5) is 0. The lowest BCUT2D eigenvalue weighted by Gasteiger charge is -2.40. The fourth-order valence-electron chi connectivity index (χ4n) is 1.85. The van der Waals surface area contributed by atoms with E-state index in [2.05, 4.69) is 0 Å². The van der Waals surface area contributed by atoms with Crippen LogP contribution >= 0.6 is 0 Å². The average Bonchev–Trinajstić information content (AvgIpc) is 2.58. The van der Waals surface area contributed by atoms with E-state index in [1.54, 1.807) is 0 Å². The van der Waals surface area contributed by atoms with Gasteiger partial charge in [0.25, 0.3) is 0 Å². The number of hydrogen-bond acceptors (Lipinski definition) is 3. The zero-order valence-electron chi connectivity index (χ0n) is 7.81. The smallest absolute Gasteiger partial charge is 0.211 e. The minimum Gasteiger partial charge on any atom is -0.327 e. The van der Waals surface area contributed by atoms with Gasteiger partial charge in [0, 0.05) is 25.0 Å². The van der Waals surface area contributed by atoms with E-state index < -0.39 is 10.0 Å². The summed E-state index contributed by atoms with van der Waals surface area (Å²) in [6.07, 6.45) is 3.72. The molecule has 0 aromatic carbocycles. The highest BCUT2D eigenvalue weighted by atomic mass is 32.2. The van der Waals surface area contributed by atoms with Crippen molar-refractivity contribution in [3.8, 4) is 0 Å². The molecule has 2 rings (SSSR count). The van der Waals surface area contributed by atoms with Crippen molar-refractivity contribution in [2.45, 2.75) is 18.9 Å². The molecule has 0 bridgehead atoms. The lowest BCUT2D eigenvalue weighted by molar-refractivity contribution is 0.162. The van der Waals surface area contributed by atoms with Gasteiger partial charge in [0.2, 0.25) is 10.0 Å². The number of rotatable bonds is 3. The third kappa shape index (κ3) is 1.87. The predicted octanol–water partition coefficient (Wildman–Crippen LogP) is -0.385. The first-order chi connectivity index (χ1) is 5.98. The van der Waals surface area contributed by atoms with E-state index in [-0.39, 0.29) is 6.04 Å². The van der Waals surface area contributed by atoms with Crippen LogP contribution in [0.2, 0.25) is 0 Å². The van der Waals surface area contributed by atoms with E-state index in [0.29, 0.717) is 24.9 Å². The molecule has 0 aromatic rings. The minimum atomic E-state index is -2.96. The number of nitrogens with two attached hydrogens (primary N) is 1. The quantitative estimate of drug-likeness (QED) is 0.681. The molecule has 2 aliphatic rings. The molecule has 4 nitrogen and oxygen atoms in total. The van der Waals surface area contributed by atoms with Crippen LogP contribution in [0.5, 0.6) is 0 Å². The molecule has 1 aliphatic carbocycles. The van der Waals surface area contributed by atoms with E-state index in [1.165, 1.54) is 23.4 Å². The molecule has 2 fully saturated rings. The van der Waals surface area contributed by atoms with Gasteiger partial charge in [-0.25, -0.2) is 12.7 Å². The lowest BCUT2D eigenvalue weighted by atomic mass is 9.91. The van der Waals surface area contributed by atoms with Gasteiger partial charge in [0.1, 0.15) is 0 Å². The van der Waals surface area contributed by atoms with Crippen LogP contribution in [-0.2, 0) is 10.0 Å². The van der Waals surface area contributed by atoms with E-state index >= 15 is 0 Å². The van der Waals surface area contributed by atoms with Crippen molar-refractivity contribution in [1.82, 2.24) is 4.31 Å². The molecule has 0 amide bonds. The average molecular weight is 204 g/mol. The summed E-state index contributed by atoms with van der Waals surface area (Å²) in [6.45, 7) is 1.27. The first-order valence-corrected chi connectivity index (χ1v) is 6.54. The summed E-state index contributed by atoms with van der Waals surface area (Å²) < 4.78 is 23.6. The van der Waals surface area contributed by atoms with Crippen LogP contribution in [0, 0.1) is 11.8 Å². The first kappa shape index (κ1) is 9.43. The molecule has 5 heteroatoms. The molecular weight excluding hydrogens is 188 g/mol. The third-order valence-electron chi connectivity index (χ3n) is 3.06. The largest absolute Gasteiger partial charge is 0.327 e. The Kier molecular flexibility index (Phi) is 2.13. The maximum absolute atomic E-state index is 11.1. The second-order valence-electron chi connectivity index (χ2n) is 4.25. The maximum Gasteiger partial charge on any atom is 0.211 e. The number of nitrogens with zero attached hydrogens (tertiary/aromatic N) is 1. The SMILES string of the molecule is CS(=O)(=O)N1CC(C(N)C2CC2)C1. The van der Waals surface area contributed by atoms with Crippen molar-refractivity contribution >= 4 is 10.0 Å². The van der Waals surface area contributed by atoms with Gasteiger partial charge >= 0.3 is 0 Å². The second-order valence-corrected chi connectivity index (χ2v) is 6.24. The fraction of sp³-hybridized carbons (Fsp3) is 1.00. The molecule has 0 spiro atoms. The van der Waals surface area contributed by atoms with Crippen LogP contribution in [0.25, 0.3) is 0 Å². The van der Waals surface area contributed by atoms with E-state index in [1.807, 2.05) is 0 Å². The molecule has 1 aliphatic heterocycles. The summed E-state index contributed by atoms with van der Waals surface area (Å²) in [5.41, 5.74) is 5.97. The van der Waals surface area contributed by atoms with Crippen molar-refractivity contribution in [3.05, 3.63) is 0 Å². The monoisotopic (exact) mass is 204 g/mol. The minimum absolute atomic E-state index is 0.234. The predicted molar refractivity (Wildman–Crippen MR) is 50.6 cm³/mol. The van der Waals surface area contributed by atoms with Crippen molar-refractivity contribution in [1.29, 1.82) is 0 Å². The van der Waals surface area contributed by atoms with Crippen LogP contribution in [0.3, 0.4) is 0 Å². The molecule has 1 saturated heterocycles. The Labute approximate surface area is 79.1 Å². The Bertz CT molecular complexity index is 291. The van der Waals surface area contributed by atoms with Gasteiger partial charge < -0.3 is 5.73 Å². The Morgan fingerprint density at radius 1 is 1.31 bits per heavy atom. The lowest BCUT2D eigenvalue weighted by Crippen LogP contribution is -2.56. The Hall–Kier alpha value is -0.130. The van der Waals surface area contributed by atoms with Crippen LogP contribution in [0.4, 0.5) is 0 Å². The number of sulfonamides is 1. The maximum atomic E-state index is 11.1. The van der Waals surface area contributed by atoms with E-state index in [9.17, 15) is 8.42 Å². The highest BCUT2D eigenvalue weighted by Gasteiger charge is 2.42. The van der Waals surface area contributed by atoms with Crippen molar-refractivity contribution in [2.75, 3.05) is 19.3 Å². The summed E-state index contributed by atoms with van der Waals surface area (Å²) in [5.74, 6) is 1.08. The van der Waals surface area contributed by atoms with Crippen molar-refractivity contribution in [3.63, 3.8) is 0 Å². The van der Waals surface area contributed by atoms with Crippen molar-refractivity contribution in [2.24, 2.45) is 17.6 Å². The van der Waals surface area contributed by atoms with Gasteiger partial charge in [0.05, 0.1) is 6.26 Å². The molecule has 1 heterocycles. The summed E-state index contributed by atoms with van der Waals surface area (Å²) in [7, 11) is -2.96. The molecule has 1 atom stereocenters. The van der Waals surface area contributed by atoms with Gasteiger partial charge in [-0.3, -0.25) is 0 Å². The van der Waals surface area contributed by atoms with Gasteiger partial charge in [0.15, 0.2) is 0 Å². The summed E-state index contributed by atoms with van der Waals surface area (Å²) in [5, 5.41) is 0. The highest BCUT2D eigenvalue weighted by Crippen LogP contribution is 2.37. The van der Waals surface area contributed by atoms with Gasteiger partial charge in [-0.05, 0) is 18.8 Å². The highest BCUT2D eigenvalue weighted by molar-refractivity contribution is 7.88. The van der Waals surface area contributed by atoms with Crippen LogP contribution < -0.4 is 5.73 Å². The Morgan fingerprint density at radius 3 is 2.23 bits per heavy atom. The first-order valence-electron chi connectivity index (χ1n) is 4.69. The molecular formula is C8H16N2O2S. The zero-order chi connectivity index (χ0) is 9.64. The molecule has 2 N–H and O–H groups in total. The van der Waals surface area contributed by atoms with Gasteiger partial charge in [-0.1, -0.05) is 0 Å². The van der Waals surface area contributed by atoms with Crippen LogP contribution in [0.15, 0.2) is 0 Å².